The molecule has 0 bridgehead atoms. The average molecular weight is 436 g/mol. The molecule has 2 aromatic heterocycles. The summed E-state index contributed by atoms with van der Waals surface area (Å²) in [6.45, 7) is 4.30. The lowest BCUT2D eigenvalue weighted by molar-refractivity contribution is 0.0639. The van der Waals surface area contributed by atoms with Gasteiger partial charge in [-0.15, -0.1) is 0 Å². The Morgan fingerprint density at radius 3 is 2.48 bits per heavy atom. The number of benzene rings is 2. The van der Waals surface area contributed by atoms with Gasteiger partial charge >= 0.3 is 0 Å². The highest BCUT2D eigenvalue weighted by atomic mass is 35.5. The van der Waals surface area contributed by atoms with Crippen LogP contribution >= 0.6 is 11.6 Å². The van der Waals surface area contributed by atoms with Crippen molar-refractivity contribution in [3.8, 4) is 5.69 Å². The normalized spacial score (nSPS) is 12.1. The van der Waals surface area contributed by atoms with E-state index in [1.54, 1.807) is 51.9 Å². The van der Waals surface area contributed by atoms with E-state index in [2.05, 4.69) is 0 Å². The van der Waals surface area contributed by atoms with E-state index in [9.17, 15) is 9.59 Å². The molecule has 1 amide bonds. The Bertz CT molecular complexity index is 1260. The van der Waals surface area contributed by atoms with Crippen molar-refractivity contribution in [1.29, 1.82) is 0 Å². The minimum Gasteiger partial charge on any atom is -0.459 e. The molecule has 158 valence electrons. The van der Waals surface area contributed by atoms with Crippen LogP contribution in [0.2, 0.25) is 5.02 Å². The standard InChI is InChI=1S/C24H22ClN3O3/c1-3-20(27(4-2)24(30)21-10-7-15-31-21)22-26-19-9-6-5-8-18(19)23(29)28(22)17-13-11-16(25)12-14-17/h5-15,20H,3-4H2,1-2H3. The van der Waals surface area contributed by atoms with Gasteiger partial charge in [-0.25, -0.2) is 4.98 Å². The molecule has 2 heterocycles. The Hall–Kier alpha value is -3.38. The molecular formula is C24H22ClN3O3. The topological polar surface area (TPSA) is 68.3 Å². The summed E-state index contributed by atoms with van der Waals surface area (Å²) in [6.07, 6.45) is 2.04. The van der Waals surface area contributed by atoms with Crippen molar-refractivity contribution < 1.29 is 9.21 Å². The maximum Gasteiger partial charge on any atom is 0.290 e. The quantitative estimate of drug-likeness (QED) is 0.415. The molecular weight excluding hydrogens is 414 g/mol. The zero-order valence-corrected chi connectivity index (χ0v) is 18.0. The number of aromatic nitrogens is 2. The fraction of sp³-hybridized carbons (Fsp3) is 0.208. The maximum absolute atomic E-state index is 13.5. The van der Waals surface area contributed by atoms with Crippen molar-refractivity contribution in [2.75, 3.05) is 6.54 Å². The number of furan rings is 1. The SMILES string of the molecule is CCC(c1nc2ccccc2c(=O)n1-c1ccc(Cl)cc1)N(CC)C(=O)c1ccco1. The second-order valence-corrected chi connectivity index (χ2v) is 7.53. The third-order valence-electron chi connectivity index (χ3n) is 5.28. The summed E-state index contributed by atoms with van der Waals surface area (Å²) in [4.78, 5) is 33.2. The van der Waals surface area contributed by atoms with E-state index in [1.165, 1.54) is 6.26 Å². The van der Waals surface area contributed by atoms with Crippen molar-refractivity contribution >= 4 is 28.4 Å². The maximum atomic E-state index is 13.5. The predicted octanol–water partition coefficient (Wildman–Crippen LogP) is 5.25. The van der Waals surface area contributed by atoms with Crippen LogP contribution < -0.4 is 5.56 Å². The molecule has 1 unspecified atom stereocenters. The third-order valence-corrected chi connectivity index (χ3v) is 5.53. The van der Waals surface area contributed by atoms with Gasteiger partial charge in [0.15, 0.2) is 5.76 Å². The van der Waals surface area contributed by atoms with Gasteiger partial charge < -0.3 is 9.32 Å². The van der Waals surface area contributed by atoms with Gasteiger partial charge in [-0.2, -0.15) is 0 Å². The van der Waals surface area contributed by atoms with E-state index in [0.717, 1.165) is 0 Å². The van der Waals surface area contributed by atoms with Crippen LogP contribution in [0, 0.1) is 0 Å². The number of nitrogens with zero attached hydrogens (tertiary/aromatic N) is 3. The highest BCUT2D eigenvalue weighted by Gasteiger charge is 2.29. The first kappa shape index (κ1) is 20.9. The molecule has 2 aromatic carbocycles. The minimum absolute atomic E-state index is 0.192. The smallest absolute Gasteiger partial charge is 0.290 e. The first-order valence-electron chi connectivity index (χ1n) is 10.2. The van der Waals surface area contributed by atoms with E-state index in [-0.39, 0.29) is 17.2 Å². The molecule has 0 radical (unpaired) electrons. The van der Waals surface area contributed by atoms with Gasteiger partial charge in [0, 0.05) is 11.6 Å². The number of carbonyl (C=O) groups is 1. The predicted molar refractivity (Wildman–Crippen MR) is 121 cm³/mol. The molecule has 0 saturated heterocycles. The molecule has 0 saturated carbocycles. The molecule has 31 heavy (non-hydrogen) atoms. The van der Waals surface area contributed by atoms with Crippen LogP contribution in [-0.4, -0.2) is 26.9 Å². The molecule has 0 aliphatic heterocycles. The highest BCUT2D eigenvalue weighted by molar-refractivity contribution is 6.30. The Labute approximate surface area is 184 Å². The monoisotopic (exact) mass is 435 g/mol. The first-order valence-corrected chi connectivity index (χ1v) is 10.5. The lowest BCUT2D eigenvalue weighted by Crippen LogP contribution is -2.38. The number of hydrogen-bond acceptors (Lipinski definition) is 4. The van der Waals surface area contributed by atoms with Crippen molar-refractivity contribution in [1.82, 2.24) is 14.5 Å². The van der Waals surface area contributed by atoms with E-state index < -0.39 is 6.04 Å². The molecule has 6 nitrogen and oxygen atoms in total. The van der Waals surface area contributed by atoms with Crippen LogP contribution in [0.5, 0.6) is 0 Å². The van der Waals surface area contributed by atoms with Crippen molar-refractivity contribution in [2.24, 2.45) is 0 Å². The lowest BCUT2D eigenvalue weighted by atomic mass is 10.1. The van der Waals surface area contributed by atoms with Crippen molar-refractivity contribution in [3.63, 3.8) is 0 Å². The average Bonchev–Trinajstić information content (AvgIpc) is 3.33. The van der Waals surface area contributed by atoms with Crippen molar-refractivity contribution in [3.05, 3.63) is 93.9 Å². The fourth-order valence-electron chi connectivity index (χ4n) is 3.80. The molecule has 1 atom stereocenters. The van der Waals surface area contributed by atoms with Crippen LogP contribution in [0.4, 0.5) is 0 Å². The van der Waals surface area contributed by atoms with Gasteiger partial charge in [-0.3, -0.25) is 14.2 Å². The zero-order chi connectivity index (χ0) is 22.0. The summed E-state index contributed by atoms with van der Waals surface area (Å²) in [5, 5.41) is 1.08. The summed E-state index contributed by atoms with van der Waals surface area (Å²) < 4.78 is 6.91. The van der Waals surface area contributed by atoms with Crippen LogP contribution in [0.15, 0.2) is 76.1 Å². The Morgan fingerprint density at radius 1 is 1.10 bits per heavy atom. The number of para-hydroxylation sites is 1. The molecule has 4 aromatic rings. The van der Waals surface area contributed by atoms with E-state index in [4.69, 9.17) is 21.0 Å². The summed E-state index contributed by atoms with van der Waals surface area (Å²) in [7, 11) is 0. The molecule has 7 heteroatoms. The molecule has 4 rings (SSSR count). The number of fused-ring (bicyclic) bond motifs is 1. The second-order valence-electron chi connectivity index (χ2n) is 7.10. The highest BCUT2D eigenvalue weighted by Crippen LogP contribution is 2.27. The van der Waals surface area contributed by atoms with Crippen LogP contribution in [0.3, 0.4) is 0 Å². The largest absolute Gasteiger partial charge is 0.459 e. The Kier molecular flexibility index (Phi) is 5.91. The number of amides is 1. The van der Waals surface area contributed by atoms with Gasteiger partial charge in [-0.1, -0.05) is 30.7 Å². The second kappa shape index (κ2) is 8.78. The van der Waals surface area contributed by atoms with Crippen LogP contribution in [0.25, 0.3) is 16.6 Å². The molecule has 0 aliphatic carbocycles. The molecule has 0 spiro atoms. The van der Waals surface area contributed by atoms with Gasteiger partial charge in [0.1, 0.15) is 5.82 Å². The molecule has 0 aliphatic rings. The van der Waals surface area contributed by atoms with E-state index >= 15 is 0 Å². The summed E-state index contributed by atoms with van der Waals surface area (Å²) in [5.74, 6) is 0.501. The first-order chi connectivity index (χ1) is 15.0. The van der Waals surface area contributed by atoms with E-state index in [0.29, 0.717) is 40.4 Å². The molecule has 0 N–H and O–H groups in total. The number of carbonyl (C=O) groups excluding carboxylic acids is 1. The van der Waals surface area contributed by atoms with Gasteiger partial charge in [0.2, 0.25) is 0 Å². The van der Waals surface area contributed by atoms with Crippen LogP contribution in [-0.2, 0) is 0 Å². The zero-order valence-electron chi connectivity index (χ0n) is 17.3. The fourth-order valence-corrected chi connectivity index (χ4v) is 3.93. The Balaban J connectivity index is 1.95. The third kappa shape index (κ3) is 3.86. The summed E-state index contributed by atoms with van der Waals surface area (Å²) >= 11 is 6.07. The Morgan fingerprint density at radius 2 is 1.84 bits per heavy atom. The van der Waals surface area contributed by atoms with E-state index in [1.807, 2.05) is 32.0 Å². The van der Waals surface area contributed by atoms with Gasteiger partial charge in [0.05, 0.1) is 28.9 Å². The summed E-state index contributed by atoms with van der Waals surface area (Å²) in [5.41, 5.74) is 1.04. The van der Waals surface area contributed by atoms with Gasteiger partial charge in [0.25, 0.3) is 11.5 Å². The van der Waals surface area contributed by atoms with Gasteiger partial charge in [-0.05, 0) is 61.9 Å². The van der Waals surface area contributed by atoms with Crippen LogP contribution in [0.1, 0.15) is 42.7 Å². The lowest BCUT2D eigenvalue weighted by Gasteiger charge is -2.30. The number of rotatable bonds is 6. The number of hydrogen-bond donors (Lipinski definition) is 0. The number of halogens is 1. The van der Waals surface area contributed by atoms with Crippen molar-refractivity contribution in [2.45, 2.75) is 26.3 Å². The minimum atomic E-state index is -0.435. The molecule has 0 fully saturated rings. The summed E-state index contributed by atoms with van der Waals surface area (Å²) in [6, 6.07) is 17.1.